The number of rotatable bonds is 2. The molecule has 3 aromatic carbocycles. The maximum absolute atomic E-state index is 13.4. The van der Waals surface area contributed by atoms with E-state index in [1.807, 2.05) is 55.5 Å². The average molecular weight is 391 g/mol. The molecule has 140 valence electrons. The number of amides is 2. The summed E-state index contributed by atoms with van der Waals surface area (Å²) in [6, 6.07) is 22.1. The van der Waals surface area contributed by atoms with Crippen LogP contribution in [0.5, 0.6) is 0 Å². The fourth-order valence-corrected chi connectivity index (χ4v) is 3.79. The molecule has 1 aliphatic rings. The summed E-state index contributed by atoms with van der Waals surface area (Å²) in [6.07, 6.45) is 0. The Morgan fingerprint density at radius 3 is 2.57 bits per heavy atom. The molecule has 0 fully saturated rings. The molecule has 0 bridgehead atoms. The van der Waals surface area contributed by atoms with Gasteiger partial charge >= 0.3 is 0 Å². The van der Waals surface area contributed by atoms with E-state index in [0.29, 0.717) is 10.6 Å². The summed E-state index contributed by atoms with van der Waals surface area (Å²) in [7, 11) is 0. The number of fused-ring (bicyclic) bond motifs is 1. The number of benzene rings is 3. The van der Waals surface area contributed by atoms with E-state index in [1.165, 1.54) is 0 Å². The van der Waals surface area contributed by atoms with Crippen LogP contribution in [0.2, 0.25) is 5.02 Å². The predicted molar refractivity (Wildman–Crippen MR) is 111 cm³/mol. The number of halogens is 1. The molecule has 0 spiro atoms. The number of carbonyl (C=O) groups is 2. The molecular weight excluding hydrogens is 372 g/mol. The molecule has 0 aliphatic carbocycles. The van der Waals surface area contributed by atoms with Crippen LogP contribution in [0.4, 0.5) is 5.69 Å². The van der Waals surface area contributed by atoms with E-state index in [-0.39, 0.29) is 24.4 Å². The first kappa shape index (κ1) is 18.3. The van der Waals surface area contributed by atoms with Gasteiger partial charge in [-0.1, -0.05) is 65.7 Å². The Morgan fingerprint density at radius 2 is 1.82 bits per heavy atom. The monoisotopic (exact) mass is 390 g/mol. The molecule has 2 amide bonds. The zero-order chi connectivity index (χ0) is 19.7. The van der Waals surface area contributed by atoms with Gasteiger partial charge < -0.3 is 10.2 Å². The molecule has 0 saturated carbocycles. The van der Waals surface area contributed by atoms with Gasteiger partial charge in [-0.3, -0.25) is 9.59 Å². The Morgan fingerprint density at radius 1 is 1.04 bits per heavy atom. The van der Waals surface area contributed by atoms with Gasteiger partial charge in [0, 0.05) is 21.8 Å². The first-order valence-electron chi connectivity index (χ1n) is 9.05. The number of hydrogen-bond donors (Lipinski definition) is 1. The minimum Gasteiger partial charge on any atom is -0.324 e. The Balaban J connectivity index is 1.89. The molecule has 1 N–H and O–H groups in total. The quantitative estimate of drug-likeness (QED) is 0.681. The van der Waals surface area contributed by atoms with E-state index in [1.54, 1.807) is 29.2 Å². The van der Waals surface area contributed by atoms with Crippen LogP contribution in [0.15, 0.2) is 72.8 Å². The summed E-state index contributed by atoms with van der Waals surface area (Å²) in [5.74, 6) is -0.459. The molecule has 1 atom stereocenters. The molecule has 0 aromatic heterocycles. The Bertz CT molecular complexity index is 1050. The van der Waals surface area contributed by atoms with E-state index in [9.17, 15) is 9.59 Å². The largest absolute Gasteiger partial charge is 0.324 e. The van der Waals surface area contributed by atoms with E-state index in [0.717, 1.165) is 22.4 Å². The van der Waals surface area contributed by atoms with Gasteiger partial charge in [-0.05, 0) is 36.8 Å². The first-order valence-corrected chi connectivity index (χ1v) is 9.42. The SMILES string of the molecule is Cc1ccc2c(c1)[C@@H](c1ccccc1)N(C(=O)c1cccc(Cl)c1)CC(=O)N2. The molecule has 5 heteroatoms. The zero-order valence-electron chi connectivity index (χ0n) is 15.4. The highest BCUT2D eigenvalue weighted by atomic mass is 35.5. The van der Waals surface area contributed by atoms with Gasteiger partial charge in [0.25, 0.3) is 5.91 Å². The van der Waals surface area contributed by atoms with Crippen molar-refractivity contribution in [3.8, 4) is 0 Å². The molecule has 4 rings (SSSR count). The highest BCUT2D eigenvalue weighted by Crippen LogP contribution is 2.37. The van der Waals surface area contributed by atoms with Crippen molar-refractivity contribution in [3.05, 3.63) is 100 Å². The average Bonchev–Trinajstić information content (AvgIpc) is 2.83. The summed E-state index contributed by atoms with van der Waals surface area (Å²) in [5, 5.41) is 3.42. The van der Waals surface area contributed by atoms with Crippen LogP contribution in [-0.4, -0.2) is 23.3 Å². The summed E-state index contributed by atoms with van der Waals surface area (Å²) in [5.41, 5.74) is 4.09. The van der Waals surface area contributed by atoms with Crippen LogP contribution in [0.25, 0.3) is 0 Å². The fourth-order valence-electron chi connectivity index (χ4n) is 3.60. The van der Waals surface area contributed by atoms with Crippen molar-refractivity contribution < 1.29 is 9.59 Å². The third-order valence-electron chi connectivity index (χ3n) is 4.85. The number of carbonyl (C=O) groups excluding carboxylic acids is 2. The summed E-state index contributed by atoms with van der Waals surface area (Å²) in [6.45, 7) is 1.96. The lowest BCUT2D eigenvalue weighted by molar-refractivity contribution is -0.117. The van der Waals surface area contributed by atoms with Gasteiger partial charge in [0.2, 0.25) is 5.91 Å². The Labute approximate surface area is 168 Å². The van der Waals surface area contributed by atoms with Crippen molar-refractivity contribution in [2.24, 2.45) is 0 Å². The molecule has 1 heterocycles. The van der Waals surface area contributed by atoms with Crippen molar-refractivity contribution >= 4 is 29.1 Å². The second kappa shape index (κ2) is 7.49. The van der Waals surface area contributed by atoms with Gasteiger partial charge in [0.15, 0.2) is 0 Å². The third-order valence-corrected chi connectivity index (χ3v) is 5.08. The smallest absolute Gasteiger partial charge is 0.255 e. The normalized spacial score (nSPS) is 16.1. The zero-order valence-corrected chi connectivity index (χ0v) is 16.1. The van der Waals surface area contributed by atoms with Gasteiger partial charge in [0.1, 0.15) is 6.54 Å². The molecule has 3 aromatic rings. The van der Waals surface area contributed by atoms with Gasteiger partial charge in [-0.2, -0.15) is 0 Å². The van der Waals surface area contributed by atoms with Crippen LogP contribution in [0.3, 0.4) is 0 Å². The maximum atomic E-state index is 13.4. The second-order valence-electron chi connectivity index (χ2n) is 6.90. The number of aryl methyl sites for hydroxylation is 1. The number of nitrogens with zero attached hydrogens (tertiary/aromatic N) is 1. The van der Waals surface area contributed by atoms with Gasteiger partial charge in [-0.25, -0.2) is 0 Å². The Kier molecular flexibility index (Phi) is 4.88. The van der Waals surface area contributed by atoms with Crippen LogP contribution in [-0.2, 0) is 4.79 Å². The molecule has 28 heavy (non-hydrogen) atoms. The topological polar surface area (TPSA) is 49.4 Å². The first-order chi connectivity index (χ1) is 13.5. The molecule has 0 radical (unpaired) electrons. The van der Waals surface area contributed by atoms with Crippen molar-refractivity contribution in [2.45, 2.75) is 13.0 Å². The van der Waals surface area contributed by atoms with Crippen LogP contribution in [0.1, 0.15) is 33.1 Å². The molecular formula is C23H19ClN2O2. The van der Waals surface area contributed by atoms with E-state index < -0.39 is 0 Å². The lowest BCUT2D eigenvalue weighted by Crippen LogP contribution is -2.39. The minimum atomic E-state index is -0.387. The van der Waals surface area contributed by atoms with Gasteiger partial charge in [0.05, 0.1) is 6.04 Å². The fraction of sp³-hybridized carbons (Fsp3) is 0.130. The van der Waals surface area contributed by atoms with Crippen molar-refractivity contribution in [1.82, 2.24) is 4.90 Å². The van der Waals surface area contributed by atoms with E-state index in [4.69, 9.17) is 11.6 Å². The standard InChI is InChI=1S/C23H19ClN2O2/c1-15-10-11-20-19(12-15)22(16-6-3-2-4-7-16)26(14-21(27)25-20)23(28)17-8-5-9-18(24)13-17/h2-13,22H,14H2,1H3,(H,25,27)/t22-/m1/s1. The molecule has 0 unspecified atom stereocenters. The van der Waals surface area contributed by atoms with E-state index >= 15 is 0 Å². The second-order valence-corrected chi connectivity index (χ2v) is 7.33. The van der Waals surface area contributed by atoms with Gasteiger partial charge in [-0.15, -0.1) is 0 Å². The lowest BCUT2D eigenvalue weighted by atomic mass is 9.94. The summed E-state index contributed by atoms with van der Waals surface area (Å²) in [4.78, 5) is 27.6. The van der Waals surface area contributed by atoms with Crippen LogP contribution >= 0.6 is 11.6 Å². The Hall–Kier alpha value is -3.11. The molecule has 0 saturated heterocycles. The lowest BCUT2D eigenvalue weighted by Gasteiger charge is -2.31. The minimum absolute atomic E-state index is 0.0430. The predicted octanol–water partition coefficient (Wildman–Crippen LogP) is 4.83. The number of hydrogen-bond acceptors (Lipinski definition) is 2. The molecule has 1 aliphatic heterocycles. The number of anilines is 1. The van der Waals surface area contributed by atoms with Crippen molar-refractivity contribution in [2.75, 3.05) is 11.9 Å². The third kappa shape index (κ3) is 3.51. The summed E-state index contributed by atoms with van der Waals surface area (Å²) < 4.78 is 0. The highest BCUT2D eigenvalue weighted by Gasteiger charge is 2.34. The van der Waals surface area contributed by atoms with Crippen LogP contribution in [0, 0.1) is 6.92 Å². The molecule has 4 nitrogen and oxygen atoms in total. The summed E-state index contributed by atoms with van der Waals surface area (Å²) >= 11 is 6.09. The van der Waals surface area contributed by atoms with E-state index in [2.05, 4.69) is 5.32 Å². The highest BCUT2D eigenvalue weighted by molar-refractivity contribution is 6.31. The van der Waals surface area contributed by atoms with Crippen LogP contribution < -0.4 is 5.32 Å². The van der Waals surface area contributed by atoms with Crippen molar-refractivity contribution in [3.63, 3.8) is 0 Å². The van der Waals surface area contributed by atoms with Crippen molar-refractivity contribution in [1.29, 1.82) is 0 Å². The number of nitrogens with one attached hydrogen (secondary N) is 1. The maximum Gasteiger partial charge on any atom is 0.255 e.